The number of benzene rings is 1. The van der Waals surface area contributed by atoms with Gasteiger partial charge in [-0.2, -0.15) is 0 Å². The minimum absolute atomic E-state index is 0.191. The molecular weight excluding hydrogens is 272 g/mol. The Labute approximate surface area is 127 Å². The van der Waals surface area contributed by atoms with E-state index in [4.69, 9.17) is 16.3 Å². The fourth-order valence-electron chi connectivity index (χ4n) is 2.53. The largest absolute Gasteiger partial charge is 0.495 e. The maximum atomic E-state index is 6.08. The molecule has 0 saturated carbocycles. The van der Waals surface area contributed by atoms with Crippen LogP contribution >= 0.6 is 11.6 Å². The highest BCUT2D eigenvalue weighted by molar-refractivity contribution is 6.32. The number of anilines is 1. The van der Waals surface area contributed by atoms with Gasteiger partial charge < -0.3 is 15.0 Å². The van der Waals surface area contributed by atoms with E-state index >= 15 is 0 Å². The molecule has 112 valence electrons. The first kappa shape index (κ1) is 15.5. The van der Waals surface area contributed by atoms with Crippen molar-refractivity contribution in [3.63, 3.8) is 0 Å². The van der Waals surface area contributed by atoms with E-state index in [0.717, 1.165) is 25.4 Å². The van der Waals surface area contributed by atoms with Crippen molar-refractivity contribution in [2.24, 2.45) is 5.92 Å². The lowest BCUT2D eigenvalue weighted by Crippen LogP contribution is -2.39. The molecule has 1 saturated heterocycles. The van der Waals surface area contributed by atoms with Crippen LogP contribution in [0.2, 0.25) is 5.02 Å². The van der Waals surface area contributed by atoms with Gasteiger partial charge in [0.1, 0.15) is 5.75 Å². The number of hydrogen-bond donors (Lipinski definition) is 1. The lowest BCUT2D eigenvalue weighted by Gasteiger charge is -2.24. The molecule has 4 heteroatoms. The van der Waals surface area contributed by atoms with Gasteiger partial charge in [-0.15, -0.1) is 0 Å². The van der Waals surface area contributed by atoms with Gasteiger partial charge in [0.25, 0.3) is 0 Å². The van der Waals surface area contributed by atoms with E-state index in [9.17, 15) is 0 Å². The quantitative estimate of drug-likeness (QED) is 0.919. The van der Waals surface area contributed by atoms with E-state index < -0.39 is 0 Å². The lowest BCUT2D eigenvalue weighted by molar-refractivity contribution is 0.383. The lowest BCUT2D eigenvalue weighted by atomic mass is 10.1. The van der Waals surface area contributed by atoms with Crippen LogP contribution in [0.25, 0.3) is 0 Å². The molecular formula is C16H25ClN2O. The van der Waals surface area contributed by atoms with E-state index in [2.05, 4.69) is 37.1 Å². The molecule has 20 heavy (non-hydrogen) atoms. The molecule has 1 aromatic rings. The Morgan fingerprint density at radius 1 is 1.40 bits per heavy atom. The Bertz CT molecular complexity index is 456. The number of ether oxygens (including phenoxy) is 1. The highest BCUT2D eigenvalue weighted by Crippen LogP contribution is 2.31. The molecule has 1 aliphatic rings. The summed E-state index contributed by atoms with van der Waals surface area (Å²) in [4.78, 5) is 2.41. The molecule has 1 atom stereocenters. The van der Waals surface area contributed by atoms with Crippen molar-refractivity contribution in [1.29, 1.82) is 0 Å². The third-order valence-corrected chi connectivity index (χ3v) is 4.02. The maximum Gasteiger partial charge on any atom is 0.139 e. The van der Waals surface area contributed by atoms with E-state index in [1.54, 1.807) is 7.11 Å². The van der Waals surface area contributed by atoms with Crippen molar-refractivity contribution in [2.75, 3.05) is 31.6 Å². The van der Waals surface area contributed by atoms with Crippen molar-refractivity contribution in [3.05, 3.63) is 23.2 Å². The number of rotatable bonds is 4. The summed E-state index contributed by atoms with van der Waals surface area (Å²) < 4.78 is 5.29. The monoisotopic (exact) mass is 296 g/mol. The van der Waals surface area contributed by atoms with Gasteiger partial charge in [0.2, 0.25) is 0 Å². The number of nitrogens with zero attached hydrogens (tertiary/aromatic N) is 1. The van der Waals surface area contributed by atoms with Crippen molar-refractivity contribution in [2.45, 2.75) is 32.7 Å². The summed E-state index contributed by atoms with van der Waals surface area (Å²) in [6.07, 6.45) is 1.23. The van der Waals surface area contributed by atoms with E-state index in [1.165, 1.54) is 12.1 Å². The molecule has 3 nitrogen and oxygen atoms in total. The van der Waals surface area contributed by atoms with Crippen LogP contribution in [0.4, 0.5) is 5.69 Å². The summed E-state index contributed by atoms with van der Waals surface area (Å²) in [7, 11) is 1.66. The predicted octanol–water partition coefficient (Wildman–Crippen LogP) is 3.56. The van der Waals surface area contributed by atoms with Crippen LogP contribution in [0.15, 0.2) is 18.2 Å². The first-order valence-corrected chi connectivity index (χ1v) is 7.60. The molecule has 1 aliphatic heterocycles. The van der Waals surface area contributed by atoms with Gasteiger partial charge in [-0.05, 0) is 45.2 Å². The molecule has 0 amide bonds. The Morgan fingerprint density at radius 2 is 2.15 bits per heavy atom. The van der Waals surface area contributed by atoms with Crippen LogP contribution in [-0.4, -0.2) is 32.3 Å². The van der Waals surface area contributed by atoms with Crippen molar-refractivity contribution in [1.82, 2.24) is 5.32 Å². The second-order valence-corrected chi connectivity index (χ2v) is 6.96. The predicted molar refractivity (Wildman–Crippen MR) is 86.1 cm³/mol. The number of hydrogen-bond acceptors (Lipinski definition) is 3. The molecule has 1 heterocycles. The van der Waals surface area contributed by atoms with E-state index in [0.29, 0.717) is 10.9 Å². The first-order valence-electron chi connectivity index (χ1n) is 7.22. The maximum absolute atomic E-state index is 6.08. The smallest absolute Gasteiger partial charge is 0.139 e. The second-order valence-electron chi connectivity index (χ2n) is 6.55. The van der Waals surface area contributed by atoms with Crippen molar-refractivity contribution < 1.29 is 4.74 Å². The highest BCUT2D eigenvalue weighted by atomic mass is 35.5. The Hall–Kier alpha value is -0.930. The minimum atomic E-state index is 0.191. The fourth-order valence-corrected chi connectivity index (χ4v) is 2.72. The second kappa shape index (κ2) is 6.23. The zero-order valence-electron chi connectivity index (χ0n) is 12.9. The van der Waals surface area contributed by atoms with Crippen molar-refractivity contribution in [3.8, 4) is 5.75 Å². The topological polar surface area (TPSA) is 24.5 Å². The molecule has 1 fully saturated rings. The standard InChI is InChI=1S/C16H25ClN2O/c1-16(2,3)18-10-12-7-8-19(11-12)13-5-6-14(17)15(9-13)20-4/h5-6,9,12,18H,7-8,10-11H2,1-4H3. The van der Waals surface area contributed by atoms with Crippen molar-refractivity contribution >= 4 is 17.3 Å². The van der Waals surface area contributed by atoms with Crippen LogP contribution in [0.3, 0.4) is 0 Å². The average molecular weight is 297 g/mol. The average Bonchev–Trinajstić information content (AvgIpc) is 2.85. The zero-order chi connectivity index (χ0) is 14.8. The molecule has 2 rings (SSSR count). The Morgan fingerprint density at radius 3 is 2.80 bits per heavy atom. The molecule has 1 unspecified atom stereocenters. The van der Waals surface area contributed by atoms with Gasteiger partial charge in [0, 0.05) is 36.9 Å². The highest BCUT2D eigenvalue weighted by Gasteiger charge is 2.24. The summed E-state index contributed by atoms with van der Waals surface area (Å²) in [6.45, 7) is 9.90. The molecule has 1 aromatic carbocycles. The van der Waals surface area contributed by atoms with E-state index in [1.807, 2.05) is 12.1 Å². The zero-order valence-corrected chi connectivity index (χ0v) is 13.6. The summed E-state index contributed by atoms with van der Waals surface area (Å²) in [5, 5.41) is 4.26. The SMILES string of the molecule is COc1cc(N2CCC(CNC(C)(C)C)C2)ccc1Cl. The molecule has 0 spiro atoms. The normalized spacial score (nSPS) is 19.4. The van der Waals surface area contributed by atoms with Crippen LogP contribution in [0.1, 0.15) is 27.2 Å². The van der Waals surface area contributed by atoms with Gasteiger partial charge in [-0.25, -0.2) is 0 Å². The van der Waals surface area contributed by atoms with Crippen LogP contribution in [0, 0.1) is 5.92 Å². The third-order valence-electron chi connectivity index (χ3n) is 3.71. The van der Waals surface area contributed by atoms with Crippen LogP contribution in [0.5, 0.6) is 5.75 Å². The molecule has 0 aliphatic carbocycles. The molecule has 0 radical (unpaired) electrons. The van der Waals surface area contributed by atoms with Gasteiger partial charge in [0.15, 0.2) is 0 Å². The Kier molecular flexibility index (Phi) is 4.82. The summed E-state index contributed by atoms with van der Waals surface area (Å²) in [5.41, 5.74) is 1.39. The summed E-state index contributed by atoms with van der Waals surface area (Å²) in [6, 6.07) is 6.02. The van der Waals surface area contributed by atoms with E-state index in [-0.39, 0.29) is 5.54 Å². The molecule has 0 aromatic heterocycles. The summed E-state index contributed by atoms with van der Waals surface area (Å²) in [5.74, 6) is 1.45. The number of methoxy groups -OCH3 is 1. The van der Waals surface area contributed by atoms with Gasteiger partial charge in [-0.3, -0.25) is 0 Å². The number of halogens is 1. The molecule has 0 bridgehead atoms. The summed E-state index contributed by atoms with van der Waals surface area (Å²) >= 11 is 6.08. The van der Waals surface area contributed by atoms with Gasteiger partial charge in [-0.1, -0.05) is 11.6 Å². The Balaban J connectivity index is 1.95. The van der Waals surface area contributed by atoms with Gasteiger partial charge >= 0.3 is 0 Å². The van der Waals surface area contributed by atoms with Crippen LogP contribution in [-0.2, 0) is 0 Å². The third kappa shape index (κ3) is 4.03. The molecule has 1 N–H and O–H groups in total. The van der Waals surface area contributed by atoms with Crippen LogP contribution < -0.4 is 15.0 Å². The fraction of sp³-hybridized carbons (Fsp3) is 0.625. The number of nitrogens with one attached hydrogen (secondary N) is 1. The van der Waals surface area contributed by atoms with Gasteiger partial charge in [0.05, 0.1) is 12.1 Å². The first-order chi connectivity index (χ1) is 9.39. The minimum Gasteiger partial charge on any atom is -0.495 e.